The topological polar surface area (TPSA) is 112 Å². The van der Waals surface area contributed by atoms with Gasteiger partial charge in [-0.15, -0.1) is 0 Å². The molecular formula is C26H37N5O2. The predicted molar refractivity (Wildman–Crippen MR) is 137 cm³/mol. The summed E-state index contributed by atoms with van der Waals surface area (Å²) in [5.74, 6) is -0.434. The van der Waals surface area contributed by atoms with E-state index in [1.165, 1.54) is 7.11 Å². The summed E-state index contributed by atoms with van der Waals surface area (Å²) in [6, 6.07) is 7.98. The van der Waals surface area contributed by atoms with Gasteiger partial charge in [-0.05, 0) is 55.2 Å². The van der Waals surface area contributed by atoms with Crippen LogP contribution >= 0.6 is 0 Å². The molecule has 178 valence electrons. The number of anilines is 1. The molecule has 1 aromatic rings. The van der Waals surface area contributed by atoms with Crippen molar-refractivity contribution in [3.05, 3.63) is 71.2 Å². The van der Waals surface area contributed by atoms with Crippen LogP contribution in [0.15, 0.2) is 65.7 Å². The van der Waals surface area contributed by atoms with Gasteiger partial charge in [0.1, 0.15) is 0 Å². The number of carbonyl (C=O) groups excluding carboxylic acids is 1. The van der Waals surface area contributed by atoms with Gasteiger partial charge in [0.2, 0.25) is 0 Å². The van der Waals surface area contributed by atoms with Crippen molar-refractivity contribution in [1.82, 2.24) is 10.6 Å². The molecule has 6 N–H and O–H groups in total. The van der Waals surface area contributed by atoms with Crippen LogP contribution in [0.3, 0.4) is 0 Å². The third-order valence-electron chi connectivity index (χ3n) is 5.54. The summed E-state index contributed by atoms with van der Waals surface area (Å²) in [6.07, 6.45) is 6.77. The minimum absolute atomic E-state index is 0.00927. The summed E-state index contributed by atoms with van der Waals surface area (Å²) in [5, 5.41) is 17.5. The van der Waals surface area contributed by atoms with Gasteiger partial charge in [-0.2, -0.15) is 0 Å². The van der Waals surface area contributed by atoms with E-state index in [0.29, 0.717) is 5.70 Å². The van der Waals surface area contributed by atoms with Crippen molar-refractivity contribution in [2.45, 2.75) is 26.7 Å². The molecule has 0 amide bonds. The smallest absolute Gasteiger partial charge is 0.341 e. The second kappa shape index (κ2) is 12.6. The molecule has 1 fully saturated rings. The number of nitrogens with one attached hydrogen (secondary N) is 4. The molecule has 1 unspecified atom stereocenters. The van der Waals surface area contributed by atoms with Crippen molar-refractivity contribution < 1.29 is 9.53 Å². The number of rotatable bonds is 13. The van der Waals surface area contributed by atoms with Crippen molar-refractivity contribution in [1.29, 1.82) is 5.41 Å². The summed E-state index contributed by atoms with van der Waals surface area (Å²) in [7, 11) is 3.12. The first-order valence-electron chi connectivity index (χ1n) is 11.3. The van der Waals surface area contributed by atoms with Gasteiger partial charge in [-0.3, -0.25) is 0 Å². The SMILES string of the molecule is C=C(/C=C(\C)c1cccc(N/C(=C(\C=N)C(=O)OC)[C@@H]2CC2/C(N)=C/NC)c1)CNCCC. The third kappa shape index (κ3) is 7.36. The first-order valence-corrected chi connectivity index (χ1v) is 11.3. The van der Waals surface area contributed by atoms with Gasteiger partial charge in [-0.25, -0.2) is 4.79 Å². The maximum Gasteiger partial charge on any atom is 0.341 e. The Kier molecular flexibility index (Phi) is 9.94. The zero-order chi connectivity index (χ0) is 24.4. The molecule has 7 heteroatoms. The van der Waals surface area contributed by atoms with Gasteiger partial charge >= 0.3 is 5.97 Å². The Morgan fingerprint density at radius 1 is 1.36 bits per heavy atom. The fourth-order valence-electron chi connectivity index (χ4n) is 3.74. The molecule has 0 bridgehead atoms. The van der Waals surface area contributed by atoms with Gasteiger partial charge in [-0.1, -0.05) is 31.7 Å². The van der Waals surface area contributed by atoms with Crippen LogP contribution in [0.2, 0.25) is 0 Å². The van der Waals surface area contributed by atoms with E-state index in [-0.39, 0.29) is 17.4 Å². The van der Waals surface area contributed by atoms with E-state index in [2.05, 4.69) is 42.5 Å². The number of hydrogen-bond donors (Lipinski definition) is 5. The van der Waals surface area contributed by atoms with Crippen LogP contribution in [0.4, 0.5) is 5.69 Å². The average molecular weight is 452 g/mol. The van der Waals surface area contributed by atoms with Crippen LogP contribution in [-0.4, -0.2) is 39.4 Å². The number of hydrogen-bond acceptors (Lipinski definition) is 7. The Bertz CT molecular complexity index is 961. The highest BCUT2D eigenvalue weighted by Crippen LogP contribution is 2.48. The zero-order valence-electron chi connectivity index (χ0n) is 20.1. The zero-order valence-corrected chi connectivity index (χ0v) is 20.1. The largest absolute Gasteiger partial charge is 0.465 e. The number of allylic oxidation sites excluding steroid dienone is 3. The van der Waals surface area contributed by atoms with Crippen LogP contribution in [0.5, 0.6) is 0 Å². The fourth-order valence-corrected chi connectivity index (χ4v) is 3.74. The molecule has 0 aromatic heterocycles. The van der Waals surface area contributed by atoms with Gasteiger partial charge in [0.05, 0.1) is 12.7 Å². The summed E-state index contributed by atoms with van der Waals surface area (Å²) in [5.41, 5.74) is 11.7. The molecule has 1 saturated carbocycles. The summed E-state index contributed by atoms with van der Waals surface area (Å²) < 4.78 is 4.92. The van der Waals surface area contributed by atoms with Crippen LogP contribution in [0.1, 0.15) is 32.3 Å². The molecule has 0 saturated heterocycles. The highest BCUT2D eigenvalue weighted by atomic mass is 16.5. The van der Waals surface area contributed by atoms with E-state index in [0.717, 1.165) is 60.2 Å². The van der Waals surface area contributed by atoms with Crippen molar-refractivity contribution in [2.75, 3.05) is 32.6 Å². The lowest BCUT2D eigenvalue weighted by atomic mass is 10.0. The standard InChI is InChI=1S/C26H37N5O2/c1-6-10-30-15-17(2)11-18(3)19-8-7-9-20(12-19)31-25(23(14-27)26(32)33-5)22-13-21(22)24(28)16-29-4/h7-9,11-12,14,16,21-22,27,29-31H,2,6,10,13,15,28H2,1,3-5H3/b18-11+,24-16-,25-23+,27-14?/t21?,22-/m1/s1. The predicted octanol–water partition coefficient (Wildman–Crippen LogP) is 3.79. The van der Waals surface area contributed by atoms with Crippen LogP contribution in [0.25, 0.3) is 5.57 Å². The number of esters is 1. The van der Waals surface area contributed by atoms with E-state index in [9.17, 15) is 4.79 Å². The Morgan fingerprint density at radius 3 is 2.76 bits per heavy atom. The summed E-state index contributed by atoms with van der Waals surface area (Å²) in [6.45, 7) is 10.0. The van der Waals surface area contributed by atoms with Crippen molar-refractivity contribution in [2.24, 2.45) is 17.6 Å². The lowest BCUT2D eigenvalue weighted by Crippen LogP contribution is -2.17. The molecule has 7 nitrogen and oxygen atoms in total. The molecule has 33 heavy (non-hydrogen) atoms. The molecular weight excluding hydrogens is 414 g/mol. The summed E-state index contributed by atoms with van der Waals surface area (Å²) >= 11 is 0. The maximum absolute atomic E-state index is 12.4. The number of nitrogens with two attached hydrogens (primary N) is 1. The molecule has 1 aromatic carbocycles. The van der Waals surface area contributed by atoms with E-state index in [1.807, 2.05) is 24.3 Å². The van der Waals surface area contributed by atoms with E-state index in [1.54, 1.807) is 13.2 Å². The van der Waals surface area contributed by atoms with Crippen molar-refractivity contribution in [3.63, 3.8) is 0 Å². The maximum atomic E-state index is 12.4. The Balaban J connectivity index is 2.30. The van der Waals surface area contributed by atoms with Crippen LogP contribution in [0, 0.1) is 17.2 Å². The molecule has 0 radical (unpaired) electrons. The lowest BCUT2D eigenvalue weighted by Gasteiger charge is -2.16. The number of carbonyl (C=O) groups is 1. The normalized spacial score (nSPS) is 18.8. The first-order chi connectivity index (χ1) is 15.9. The first kappa shape index (κ1) is 25.9. The average Bonchev–Trinajstić information content (AvgIpc) is 3.60. The third-order valence-corrected chi connectivity index (χ3v) is 5.54. The Morgan fingerprint density at radius 2 is 2.12 bits per heavy atom. The van der Waals surface area contributed by atoms with Gasteiger partial charge in [0, 0.05) is 54.9 Å². The number of benzene rings is 1. The van der Waals surface area contributed by atoms with Crippen LogP contribution < -0.4 is 21.7 Å². The molecule has 0 heterocycles. The van der Waals surface area contributed by atoms with E-state index in [4.69, 9.17) is 15.9 Å². The number of methoxy groups -OCH3 is 1. The van der Waals surface area contributed by atoms with Crippen molar-refractivity contribution in [3.8, 4) is 0 Å². The molecule has 2 rings (SSSR count). The molecule has 1 aliphatic rings. The van der Waals surface area contributed by atoms with Gasteiger partial charge < -0.3 is 31.8 Å². The minimum atomic E-state index is -0.544. The number of ether oxygens (including phenoxy) is 1. The highest BCUT2D eigenvalue weighted by molar-refractivity contribution is 6.09. The molecule has 1 aliphatic carbocycles. The van der Waals surface area contributed by atoms with Crippen LogP contribution in [-0.2, 0) is 9.53 Å². The Labute approximate surface area is 197 Å². The second-order valence-corrected chi connectivity index (χ2v) is 8.21. The van der Waals surface area contributed by atoms with E-state index >= 15 is 0 Å². The summed E-state index contributed by atoms with van der Waals surface area (Å²) in [4.78, 5) is 12.4. The highest BCUT2D eigenvalue weighted by Gasteiger charge is 2.44. The van der Waals surface area contributed by atoms with Crippen molar-refractivity contribution >= 4 is 23.4 Å². The van der Waals surface area contributed by atoms with E-state index < -0.39 is 5.97 Å². The molecule has 0 spiro atoms. The minimum Gasteiger partial charge on any atom is -0.465 e. The fraction of sp³-hybridized carbons (Fsp3) is 0.385. The molecule has 0 aliphatic heterocycles. The quantitative estimate of drug-likeness (QED) is 0.103. The molecule has 2 atom stereocenters. The monoisotopic (exact) mass is 451 g/mol. The lowest BCUT2D eigenvalue weighted by molar-refractivity contribution is -0.135. The van der Waals surface area contributed by atoms with Gasteiger partial charge in [0.25, 0.3) is 0 Å². The van der Waals surface area contributed by atoms with Gasteiger partial charge in [0.15, 0.2) is 0 Å². The second-order valence-electron chi connectivity index (χ2n) is 8.21. The Hall–Kier alpha value is -3.32.